The summed E-state index contributed by atoms with van der Waals surface area (Å²) in [6, 6.07) is 6.10. The van der Waals surface area contributed by atoms with Crippen LogP contribution in [0.5, 0.6) is 0 Å². The first-order valence-electron chi connectivity index (χ1n) is 4.96. The zero-order chi connectivity index (χ0) is 10.3. The first-order chi connectivity index (χ1) is 7.36. The molecule has 0 atom stereocenters. The highest BCUT2D eigenvalue weighted by molar-refractivity contribution is 5.85. The van der Waals surface area contributed by atoms with Gasteiger partial charge in [0.05, 0.1) is 0 Å². The van der Waals surface area contributed by atoms with E-state index in [1.54, 1.807) is 0 Å². The van der Waals surface area contributed by atoms with Crippen molar-refractivity contribution in [3.05, 3.63) is 64.3 Å². The summed E-state index contributed by atoms with van der Waals surface area (Å²) < 4.78 is 0. The van der Waals surface area contributed by atoms with Crippen molar-refractivity contribution in [3.8, 4) is 0 Å². The van der Waals surface area contributed by atoms with Crippen LogP contribution in [0.25, 0.3) is 17.7 Å². The van der Waals surface area contributed by atoms with Gasteiger partial charge in [0.25, 0.3) is 0 Å². The summed E-state index contributed by atoms with van der Waals surface area (Å²) in [5, 5.41) is 12.1. The van der Waals surface area contributed by atoms with Crippen LogP contribution in [-0.4, -0.2) is 5.11 Å². The number of halogens is 1. The Morgan fingerprint density at radius 3 is 2.75 bits per heavy atom. The SMILES string of the molecule is Cl.OC1=Cc2cccc3/c2=C1\C=C/C=C\C=3. The summed E-state index contributed by atoms with van der Waals surface area (Å²) in [7, 11) is 0. The van der Waals surface area contributed by atoms with Gasteiger partial charge < -0.3 is 5.11 Å². The van der Waals surface area contributed by atoms with E-state index in [9.17, 15) is 5.11 Å². The van der Waals surface area contributed by atoms with Crippen LogP contribution in [0.3, 0.4) is 0 Å². The maximum Gasteiger partial charge on any atom is 0.124 e. The average molecular weight is 231 g/mol. The first-order valence-corrected chi connectivity index (χ1v) is 4.96. The highest BCUT2D eigenvalue weighted by Crippen LogP contribution is 2.17. The van der Waals surface area contributed by atoms with Crippen LogP contribution in [0.1, 0.15) is 5.56 Å². The van der Waals surface area contributed by atoms with Crippen molar-refractivity contribution in [3.63, 3.8) is 0 Å². The summed E-state index contributed by atoms with van der Waals surface area (Å²) in [6.07, 6.45) is 11.8. The largest absolute Gasteiger partial charge is 0.507 e. The molecular formula is C14H11ClO. The lowest BCUT2D eigenvalue weighted by atomic mass is 10.1. The van der Waals surface area contributed by atoms with E-state index in [2.05, 4.69) is 12.1 Å². The maximum absolute atomic E-state index is 9.82. The molecule has 0 aliphatic heterocycles. The molecule has 0 aromatic heterocycles. The Morgan fingerprint density at radius 2 is 1.88 bits per heavy atom. The fourth-order valence-electron chi connectivity index (χ4n) is 2.06. The lowest BCUT2D eigenvalue weighted by Gasteiger charge is -1.97. The Bertz CT molecular complexity index is 633. The molecule has 1 nitrogen and oxygen atoms in total. The molecule has 2 aliphatic carbocycles. The molecule has 0 radical (unpaired) electrons. The van der Waals surface area contributed by atoms with Gasteiger partial charge in [0.15, 0.2) is 0 Å². The van der Waals surface area contributed by atoms with Crippen molar-refractivity contribution >= 4 is 30.1 Å². The molecule has 2 heteroatoms. The van der Waals surface area contributed by atoms with E-state index in [1.807, 2.05) is 42.5 Å². The molecule has 0 saturated heterocycles. The number of benzene rings is 1. The van der Waals surface area contributed by atoms with Crippen LogP contribution >= 0.6 is 12.4 Å². The smallest absolute Gasteiger partial charge is 0.124 e. The van der Waals surface area contributed by atoms with Gasteiger partial charge in [0.1, 0.15) is 5.76 Å². The molecule has 0 saturated carbocycles. The molecule has 1 aromatic carbocycles. The quantitative estimate of drug-likeness (QED) is 0.724. The third-order valence-corrected chi connectivity index (χ3v) is 2.73. The zero-order valence-electron chi connectivity index (χ0n) is 8.55. The lowest BCUT2D eigenvalue weighted by molar-refractivity contribution is 0.444. The molecule has 3 rings (SSSR count). The predicted octanol–water partition coefficient (Wildman–Crippen LogP) is 2.08. The van der Waals surface area contributed by atoms with Gasteiger partial charge in [-0.15, -0.1) is 12.4 Å². The van der Waals surface area contributed by atoms with Gasteiger partial charge in [-0.2, -0.15) is 0 Å². The molecule has 2 aliphatic rings. The molecule has 0 bridgehead atoms. The van der Waals surface area contributed by atoms with E-state index in [0.29, 0.717) is 5.76 Å². The van der Waals surface area contributed by atoms with Gasteiger partial charge in [-0.1, -0.05) is 48.6 Å². The molecule has 0 amide bonds. The minimum absolute atomic E-state index is 0. The molecule has 16 heavy (non-hydrogen) atoms. The Balaban J connectivity index is 0.000000963. The van der Waals surface area contributed by atoms with Crippen LogP contribution in [0.15, 0.2) is 48.3 Å². The Morgan fingerprint density at radius 1 is 1.00 bits per heavy atom. The molecule has 80 valence electrons. The van der Waals surface area contributed by atoms with Crippen LogP contribution in [-0.2, 0) is 0 Å². The topological polar surface area (TPSA) is 20.2 Å². The lowest BCUT2D eigenvalue weighted by Crippen LogP contribution is -2.27. The van der Waals surface area contributed by atoms with Gasteiger partial charge in [-0.25, -0.2) is 0 Å². The summed E-state index contributed by atoms with van der Waals surface area (Å²) in [5.74, 6) is 0.359. The number of allylic oxidation sites excluding steroid dienone is 4. The second-order valence-electron chi connectivity index (χ2n) is 3.67. The van der Waals surface area contributed by atoms with Crippen molar-refractivity contribution in [1.82, 2.24) is 0 Å². The summed E-state index contributed by atoms with van der Waals surface area (Å²) >= 11 is 0. The minimum atomic E-state index is 0. The van der Waals surface area contributed by atoms with Crippen LogP contribution in [0.4, 0.5) is 0 Å². The first kappa shape index (κ1) is 10.8. The molecule has 1 N–H and O–H groups in total. The van der Waals surface area contributed by atoms with E-state index in [-0.39, 0.29) is 12.4 Å². The van der Waals surface area contributed by atoms with Crippen LogP contribution < -0.4 is 10.4 Å². The predicted molar refractivity (Wildman–Crippen MR) is 69.7 cm³/mol. The Hall–Kier alpha value is -1.73. The third-order valence-electron chi connectivity index (χ3n) is 2.73. The molecule has 0 unspecified atom stereocenters. The fraction of sp³-hybridized carbons (Fsp3) is 0. The summed E-state index contributed by atoms with van der Waals surface area (Å²) in [4.78, 5) is 0. The number of rotatable bonds is 0. The number of aliphatic hydroxyl groups is 1. The molecular weight excluding hydrogens is 220 g/mol. The monoisotopic (exact) mass is 230 g/mol. The summed E-state index contributed by atoms with van der Waals surface area (Å²) in [5.41, 5.74) is 2.01. The van der Waals surface area contributed by atoms with Crippen molar-refractivity contribution in [2.75, 3.05) is 0 Å². The number of aliphatic hydroxyl groups excluding tert-OH is 1. The van der Waals surface area contributed by atoms with Crippen LogP contribution in [0.2, 0.25) is 0 Å². The number of hydrogen-bond acceptors (Lipinski definition) is 1. The second-order valence-corrected chi connectivity index (χ2v) is 3.67. The van der Waals surface area contributed by atoms with Gasteiger partial charge in [-0.3, -0.25) is 0 Å². The van der Waals surface area contributed by atoms with Crippen molar-refractivity contribution in [2.45, 2.75) is 0 Å². The van der Waals surface area contributed by atoms with Crippen LogP contribution in [0, 0.1) is 0 Å². The Kier molecular flexibility index (Phi) is 2.71. The highest BCUT2D eigenvalue weighted by atomic mass is 35.5. The van der Waals surface area contributed by atoms with Gasteiger partial charge in [0, 0.05) is 5.57 Å². The van der Waals surface area contributed by atoms with E-state index in [0.717, 1.165) is 21.6 Å². The fourth-order valence-corrected chi connectivity index (χ4v) is 2.06. The second kappa shape index (κ2) is 4.03. The highest BCUT2D eigenvalue weighted by Gasteiger charge is 2.12. The Labute approximate surface area is 99.8 Å². The van der Waals surface area contributed by atoms with E-state index < -0.39 is 0 Å². The van der Waals surface area contributed by atoms with E-state index in [1.165, 1.54) is 0 Å². The molecule has 0 heterocycles. The minimum Gasteiger partial charge on any atom is -0.507 e. The third kappa shape index (κ3) is 1.50. The zero-order valence-corrected chi connectivity index (χ0v) is 9.37. The van der Waals surface area contributed by atoms with E-state index >= 15 is 0 Å². The van der Waals surface area contributed by atoms with Gasteiger partial charge in [-0.05, 0) is 22.1 Å². The number of hydrogen-bond donors (Lipinski definition) is 1. The summed E-state index contributed by atoms with van der Waals surface area (Å²) in [6.45, 7) is 0. The normalized spacial score (nSPS) is 21.6. The average Bonchev–Trinajstić information content (AvgIpc) is 2.50. The molecule has 1 aromatic rings. The van der Waals surface area contributed by atoms with E-state index in [4.69, 9.17) is 0 Å². The van der Waals surface area contributed by atoms with Gasteiger partial charge >= 0.3 is 0 Å². The van der Waals surface area contributed by atoms with Gasteiger partial charge in [0.2, 0.25) is 0 Å². The van der Waals surface area contributed by atoms with Crippen molar-refractivity contribution in [2.24, 2.45) is 0 Å². The standard InChI is InChI=1S/C14H10O.ClH/c15-13-9-11-7-4-6-10-5-2-1-3-8-12(13)14(10)11;/h1-9,15H;1H/b2-1-,3-1?,5-2?,8-3-,10-5-,12-8?;. The molecule has 0 fully saturated rings. The van der Waals surface area contributed by atoms with Crippen molar-refractivity contribution < 1.29 is 5.11 Å². The van der Waals surface area contributed by atoms with Crippen molar-refractivity contribution in [1.29, 1.82) is 0 Å². The maximum atomic E-state index is 9.82. The molecule has 0 spiro atoms.